The highest BCUT2D eigenvalue weighted by Gasteiger charge is 2.39. The molecule has 1 atom stereocenters. The van der Waals surface area contributed by atoms with E-state index in [9.17, 15) is 18.4 Å². The van der Waals surface area contributed by atoms with Gasteiger partial charge in [0, 0.05) is 18.3 Å². The van der Waals surface area contributed by atoms with Crippen molar-refractivity contribution in [2.75, 3.05) is 17.2 Å². The number of amides is 1. The van der Waals surface area contributed by atoms with Crippen molar-refractivity contribution in [2.45, 2.75) is 6.42 Å². The van der Waals surface area contributed by atoms with E-state index in [0.717, 1.165) is 27.9 Å². The van der Waals surface area contributed by atoms with Gasteiger partial charge in [0.25, 0.3) is 5.91 Å². The fourth-order valence-corrected chi connectivity index (χ4v) is 2.63. The molecule has 2 heterocycles. The lowest BCUT2D eigenvalue weighted by atomic mass is 10.1. The highest BCUT2D eigenvalue weighted by Crippen LogP contribution is 2.28. The van der Waals surface area contributed by atoms with Crippen molar-refractivity contribution < 1.29 is 18.4 Å². The van der Waals surface area contributed by atoms with Crippen LogP contribution in [-0.2, 0) is 4.79 Å². The summed E-state index contributed by atoms with van der Waals surface area (Å²) in [6.45, 7) is 0.129. The van der Waals surface area contributed by atoms with Crippen LogP contribution < -0.4 is 10.6 Å². The van der Waals surface area contributed by atoms with Crippen LogP contribution in [0.2, 0.25) is 0 Å². The van der Waals surface area contributed by atoms with E-state index in [-0.39, 0.29) is 30.0 Å². The molecule has 1 amide bonds. The number of aromatic nitrogens is 2. The predicted molar refractivity (Wildman–Crippen MR) is 78.8 cm³/mol. The molecule has 1 saturated heterocycles. The molecule has 0 saturated carbocycles. The van der Waals surface area contributed by atoms with Crippen LogP contribution in [0.4, 0.5) is 20.3 Å². The number of carbonyl (C=O) groups is 2. The van der Waals surface area contributed by atoms with Gasteiger partial charge < -0.3 is 10.6 Å². The Bertz CT molecular complexity index is 866. The Hall–Kier alpha value is -3.28. The van der Waals surface area contributed by atoms with Gasteiger partial charge in [-0.25, -0.2) is 8.78 Å². The number of nitriles is 1. The van der Waals surface area contributed by atoms with Gasteiger partial charge in [0.05, 0.1) is 6.20 Å². The average Bonchev–Trinajstić information content (AvgIpc) is 3.08. The molecule has 1 aliphatic rings. The first kappa shape index (κ1) is 15.6. The molecule has 1 fully saturated rings. The summed E-state index contributed by atoms with van der Waals surface area (Å²) in [6, 6.07) is 4.51. The third-order valence-electron chi connectivity index (χ3n) is 3.80. The number of benzene rings is 1. The predicted octanol–water partition coefficient (Wildman–Crippen LogP) is 1.31. The zero-order chi connectivity index (χ0) is 17.4. The van der Waals surface area contributed by atoms with Crippen LogP contribution in [0.25, 0.3) is 0 Å². The minimum atomic E-state index is -1.08. The molecule has 2 N–H and O–H groups in total. The Morgan fingerprint density at radius 2 is 2.00 bits per heavy atom. The highest BCUT2D eigenvalue weighted by atomic mass is 19.1. The molecule has 2 aromatic rings. The number of rotatable bonds is 2. The van der Waals surface area contributed by atoms with E-state index in [1.54, 1.807) is 6.07 Å². The molecule has 0 bridgehead atoms. The second-order valence-corrected chi connectivity index (χ2v) is 5.26. The zero-order valence-corrected chi connectivity index (χ0v) is 12.2. The third-order valence-corrected chi connectivity index (χ3v) is 3.80. The topological polar surface area (TPSA) is 105 Å². The molecule has 0 aliphatic carbocycles. The minimum absolute atomic E-state index is 0.0258. The van der Waals surface area contributed by atoms with Gasteiger partial charge in [-0.1, -0.05) is 0 Å². The van der Waals surface area contributed by atoms with E-state index in [1.165, 1.54) is 0 Å². The second kappa shape index (κ2) is 5.73. The molecule has 122 valence electrons. The number of anilines is 2. The Labute approximate surface area is 134 Å². The largest absolute Gasteiger partial charge is 0.382 e. The van der Waals surface area contributed by atoms with E-state index < -0.39 is 29.4 Å². The quantitative estimate of drug-likeness (QED) is 0.835. The normalized spacial score (nSPS) is 17.1. The van der Waals surface area contributed by atoms with Crippen molar-refractivity contribution in [1.82, 2.24) is 9.78 Å². The molecule has 1 aliphatic heterocycles. The SMILES string of the molecule is N#Cc1cnn(C(=O)[C@H]2CCN(c3cc(F)cc(F)c3)C2=O)c1N. The van der Waals surface area contributed by atoms with Gasteiger partial charge in [0.1, 0.15) is 35.0 Å². The number of nitrogen functional groups attached to an aromatic ring is 1. The fraction of sp³-hybridized carbons (Fsp3) is 0.200. The van der Waals surface area contributed by atoms with Crippen LogP contribution in [0.15, 0.2) is 24.4 Å². The summed E-state index contributed by atoms with van der Waals surface area (Å²) < 4.78 is 27.4. The lowest BCUT2D eigenvalue weighted by molar-refractivity contribution is -0.119. The lowest BCUT2D eigenvalue weighted by Gasteiger charge is -2.17. The summed E-state index contributed by atoms with van der Waals surface area (Å²) in [5.74, 6) is -4.14. The van der Waals surface area contributed by atoms with E-state index in [4.69, 9.17) is 11.0 Å². The standard InChI is InChI=1S/C15H11F2N5O2/c16-9-3-10(17)5-11(4-9)21-2-1-12(14(21)23)15(24)22-13(19)8(6-18)7-20-22/h3-5,7,12H,1-2,19H2/t12-/m0/s1. The lowest BCUT2D eigenvalue weighted by Crippen LogP contribution is -2.33. The molecule has 9 heteroatoms. The molecular formula is C15H11F2N5O2. The van der Waals surface area contributed by atoms with Gasteiger partial charge in [-0.2, -0.15) is 15.0 Å². The van der Waals surface area contributed by atoms with Gasteiger partial charge in [-0.05, 0) is 18.6 Å². The van der Waals surface area contributed by atoms with Crippen molar-refractivity contribution in [1.29, 1.82) is 5.26 Å². The molecule has 24 heavy (non-hydrogen) atoms. The highest BCUT2D eigenvalue weighted by molar-refractivity contribution is 6.10. The summed E-state index contributed by atoms with van der Waals surface area (Å²) >= 11 is 0. The number of halogens is 2. The zero-order valence-electron chi connectivity index (χ0n) is 12.2. The molecule has 0 radical (unpaired) electrons. The minimum Gasteiger partial charge on any atom is -0.382 e. The van der Waals surface area contributed by atoms with Crippen LogP contribution in [0.5, 0.6) is 0 Å². The fourth-order valence-electron chi connectivity index (χ4n) is 2.63. The summed E-state index contributed by atoms with van der Waals surface area (Å²) in [5.41, 5.74) is 5.71. The maximum absolute atomic E-state index is 13.3. The molecule has 7 nitrogen and oxygen atoms in total. The van der Waals surface area contributed by atoms with Crippen molar-refractivity contribution in [3.8, 4) is 6.07 Å². The Balaban J connectivity index is 1.87. The number of nitrogens with two attached hydrogens (primary N) is 1. The first-order chi connectivity index (χ1) is 11.4. The van der Waals surface area contributed by atoms with Crippen LogP contribution in [0.3, 0.4) is 0 Å². The first-order valence-corrected chi connectivity index (χ1v) is 6.97. The van der Waals surface area contributed by atoms with E-state index >= 15 is 0 Å². The average molecular weight is 331 g/mol. The molecule has 1 aromatic heterocycles. The van der Waals surface area contributed by atoms with Crippen LogP contribution in [0.1, 0.15) is 16.8 Å². The van der Waals surface area contributed by atoms with E-state index in [0.29, 0.717) is 6.07 Å². The summed E-state index contributed by atoms with van der Waals surface area (Å²) in [5, 5.41) is 12.6. The van der Waals surface area contributed by atoms with Crippen molar-refractivity contribution >= 4 is 23.3 Å². The molecule has 3 rings (SSSR count). The van der Waals surface area contributed by atoms with Gasteiger partial charge in [0.15, 0.2) is 0 Å². The summed E-state index contributed by atoms with van der Waals surface area (Å²) in [4.78, 5) is 26.0. The molecular weight excluding hydrogens is 320 g/mol. The molecule has 0 spiro atoms. The number of nitrogens with zero attached hydrogens (tertiary/aromatic N) is 4. The Morgan fingerprint density at radius 3 is 2.58 bits per heavy atom. The van der Waals surface area contributed by atoms with Crippen LogP contribution >= 0.6 is 0 Å². The molecule has 1 aromatic carbocycles. The van der Waals surface area contributed by atoms with Gasteiger partial charge in [-0.3, -0.25) is 9.59 Å². The first-order valence-electron chi connectivity index (χ1n) is 6.97. The number of carbonyl (C=O) groups excluding carboxylic acids is 2. The number of hydrogen-bond donors (Lipinski definition) is 1. The Morgan fingerprint density at radius 1 is 1.33 bits per heavy atom. The smallest absolute Gasteiger partial charge is 0.261 e. The summed E-state index contributed by atoms with van der Waals surface area (Å²) in [7, 11) is 0. The second-order valence-electron chi connectivity index (χ2n) is 5.26. The maximum Gasteiger partial charge on any atom is 0.261 e. The van der Waals surface area contributed by atoms with Crippen molar-refractivity contribution in [3.05, 3.63) is 41.6 Å². The van der Waals surface area contributed by atoms with Crippen molar-refractivity contribution in [2.24, 2.45) is 5.92 Å². The summed E-state index contributed by atoms with van der Waals surface area (Å²) in [6.07, 6.45) is 1.28. The van der Waals surface area contributed by atoms with Gasteiger partial charge in [0.2, 0.25) is 5.91 Å². The van der Waals surface area contributed by atoms with E-state index in [2.05, 4.69) is 5.10 Å². The molecule has 0 unspecified atom stereocenters. The third kappa shape index (κ3) is 2.48. The van der Waals surface area contributed by atoms with Gasteiger partial charge >= 0.3 is 0 Å². The van der Waals surface area contributed by atoms with Crippen LogP contribution in [0, 0.1) is 28.9 Å². The monoisotopic (exact) mass is 331 g/mol. The Kier molecular flexibility index (Phi) is 3.73. The number of hydrogen-bond acceptors (Lipinski definition) is 5. The van der Waals surface area contributed by atoms with Crippen molar-refractivity contribution in [3.63, 3.8) is 0 Å². The maximum atomic E-state index is 13.3. The van der Waals surface area contributed by atoms with Gasteiger partial charge in [-0.15, -0.1) is 0 Å². The van der Waals surface area contributed by atoms with Crippen LogP contribution in [-0.4, -0.2) is 28.1 Å². The van der Waals surface area contributed by atoms with E-state index in [1.807, 2.05) is 0 Å².